The molecule has 132 valence electrons. The van der Waals surface area contributed by atoms with Crippen molar-refractivity contribution in [3.05, 3.63) is 0 Å². The van der Waals surface area contributed by atoms with E-state index in [9.17, 15) is 14.7 Å². The lowest BCUT2D eigenvalue weighted by atomic mass is 9.84. The highest BCUT2D eigenvalue weighted by Gasteiger charge is 2.51. The maximum atomic E-state index is 12.7. The fourth-order valence-corrected chi connectivity index (χ4v) is 3.47. The van der Waals surface area contributed by atoms with E-state index in [1.807, 2.05) is 0 Å². The van der Waals surface area contributed by atoms with E-state index in [2.05, 4.69) is 12.9 Å². The summed E-state index contributed by atoms with van der Waals surface area (Å²) in [6.45, 7) is 2.02. The number of carbonyl (C=O) groups excluding carboxylic acids is 2. The third-order valence-electron chi connectivity index (χ3n) is 4.64. The first-order valence-corrected chi connectivity index (χ1v) is 8.31. The second kappa shape index (κ2) is 8.04. The number of nitrogens with two attached hydrogens (primary N) is 1. The van der Waals surface area contributed by atoms with Crippen molar-refractivity contribution in [3.8, 4) is 0 Å². The molecule has 7 nitrogen and oxygen atoms in total. The Morgan fingerprint density at radius 1 is 1.52 bits per heavy atom. The van der Waals surface area contributed by atoms with Gasteiger partial charge in [-0.1, -0.05) is 0 Å². The Morgan fingerprint density at radius 2 is 2.26 bits per heavy atom. The predicted octanol–water partition coefficient (Wildman–Crippen LogP) is 0.590. The van der Waals surface area contributed by atoms with Gasteiger partial charge < -0.3 is 19.4 Å². The number of rotatable bonds is 7. The molecular weight excluding hydrogens is 322 g/mol. The van der Waals surface area contributed by atoms with Crippen LogP contribution in [0.4, 0.5) is 0 Å². The fraction of sp³-hybridized carbons (Fsp3) is 0.867. The molecule has 0 aromatic heterocycles. The molecule has 1 heterocycles. The summed E-state index contributed by atoms with van der Waals surface area (Å²) in [4.78, 5) is 23.7. The number of aliphatic hydroxyl groups excluding tert-OH is 1. The molecule has 23 heavy (non-hydrogen) atoms. The first-order chi connectivity index (χ1) is 10.9. The maximum Gasteiger partial charge on any atom is 0.186 e. The van der Waals surface area contributed by atoms with Crippen molar-refractivity contribution in [2.24, 2.45) is 17.6 Å². The van der Waals surface area contributed by atoms with Crippen LogP contribution in [-0.2, 0) is 23.2 Å². The number of Topliss-reactive ketones (excluding diaryl/α,β-unsaturated/α-hetero) is 1. The second-order valence-corrected chi connectivity index (χ2v) is 6.61. The summed E-state index contributed by atoms with van der Waals surface area (Å²) >= 11 is 3.65. The second-order valence-electron chi connectivity index (χ2n) is 6.43. The summed E-state index contributed by atoms with van der Waals surface area (Å²) < 4.78 is 16.2. The summed E-state index contributed by atoms with van der Waals surface area (Å²) in [7, 11) is 0. The molecule has 1 aliphatic carbocycles. The monoisotopic (exact) mass is 347 g/mol. The number of hydrogen-bond acceptors (Lipinski definition) is 8. The minimum absolute atomic E-state index is 0.0611. The zero-order valence-electron chi connectivity index (χ0n) is 13.2. The van der Waals surface area contributed by atoms with Crippen LogP contribution >= 0.6 is 12.9 Å². The van der Waals surface area contributed by atoms with Gasteiger partial charge in [-0.15, -0.1) is 0 Å². The normalized spacial score (nSPS) is 37.3. The fourth-order valence-electron chi connectivity index (χ4n) is 3.38. The molecule has 0 spiro atoms. The van der Waals surface area contributed by atoms with Gasteiger partial charge in [0.05, 0.1) is 18.1 Å². The van der Waals surface area contributed by atoms with Crippen LogP contribution < -0.4 is 5.73 Å². The van der Waals surface area contributed by atoms with E-state index in [1.54, 1.807) is 0 Å². The quantitative estimate of drug-likeness (QED) is 0.268. The third kappa shape index (κ3) is 4.32. The molecule has 0 aromatic rings. The van der Waals surface area contributed by atoms with Crippen LogP contribution in [0.15, 0.2) is 0 Å². The highest BCUT2D eigenvalue weighted by molar-refractivity contribution is 7.75. The zero-order chi connectivity index (χ0) is 17.0. The topological polar surface area (TPSA) is 108 Å². The van der Waals surface area contributed by atoms with Crippen LogP contribution in [0, 0.1) is 11.8 Å². The van der Waals surface area contributed by atoms with Crippen LogP contribution in [-0.4, -0.2) is 48.0 Å². The van der Waals surface area contributed by atoms with Gasteiger partial charge in [0.25, 0.3) is 0 Å². The zero-order valence-corrected chi connectivity index (χ0v) is 14.1. The van der Waals surface area contributed by atoms with Gasteiger partial charge in [-0.05, 0) is 39.1 Å². The number of ether oxygens (including phenoxy) is 2. The van der Waals surface area contributed by atoms with Gasteiger partial charge in [0.15, 0.2) is 17.8 Å². The number of aldehydes is 1. The highest BCUT2D eigenvalue weighted by atomic mass is 32.1. The molecule has 1 aliphatic heterocycles. The van der Waals surface area contributed by atoms with Gasteiger partial charge >= 0.3 is 0 Å². The summed E-state index contributed by atoms with van der Waals surface area (Å²) in [5, 5.41) is 10.2. The molecule has 6 atom stereocenters. The number of aliphatic hydroxyl groups is 1. The molecule has 2 rings (SSSR count). The Bertz CT molecular complexity index is 426. The summed E-state index contributed by atoms with van der Waals surface area (Å²) in [5.74, 6) is -1.71. The van der Waals surface area contributed by atoms with E-state index < -0.39 is 41.8 Å². The van der Waals surface area contributed by atoms with Gasteiger partial charge in [-0.2, -0.15) is 0 Å². The van der Waals surface area contributed by atoms with Crippen LogP contribution in [0.3, 0.4) is 0 Å². The van der Waals surface area contributed by atoms with Gasteiger partial charge in [-0.3, -0.25) is 14.7 Å². The van der Waals surface area contributed by atoms with E-state index >= 15 is 0 Å². The number of hydrogen-bond donors (Lipinski definition) is 3. The van der Waals surface area contributed by atoms with Crippen molar-refractivity contribution in [2.45, 2.75) is 63.3 Å². The van der Waals surface area contributed by atoms with E-state index in [1.165, 1.54) is 6.92 Å². The van der Waals surface area contributed by atoms with Gasteiger partial charge in [0.1, 0.15) is 6.29 Å². The van der Waals surface area contributed by atoms with Gasteiger partial charge in [0, 0.05) is 25.4 Å². The highest BCUT2D eigenvalue weighted by Crippen LogP contribution is 2.40. The lowest BCUT2D eigenvalue weighted by molar-refractivity contribution is -0.198. The van der Waals surface area contributed by atoms with Crippen molar-refractivity contribution in [1.82, 2.24) is 0 Å². The molecular formula is C15H25NO6S. The molecule has 0 bridgehead atoms. The van der Waals surface area contributed by atoms with Crippen molar-refractivity contribution in [1.29, 1.82) is 0 Å². The number of thiol groups is 1. The van der Waals surface area contributed by atoms with Crippen LogP contribution in [0.2, 0.25) is 0 Å². The van der Waals surface area contributed by atoms with E-state index in [4.69, 9.17) is 19.4 Å². The van der Waals surface area contributed by atoms with E-state index in [0.717, 1.165) is 19.3 Å². The molecule has 0 radical (unpaired) electrons. The Kier molecular flexibility index (Phi) is 6.58. The van der Waals surface area contributed by atoms with Gasteiger partial charge in [0.2, 0.25) is 0 Å². The molecule has 0 aromatic carbocycles. The number of carbonyl (C=O) groups is 2. The molecule has 1 saturated heterocycles. The lowest BCUT2D eigenvalue weighted by Gasteiger charge is -2.32. The SMILES string of the molecule is C[C@@](N)(OS)C(=O)C1C(OC2CCCCO2)CC(O)C1CC=O. The maximum absolute atomic E-state index is 12.7. The minimum Gasteiger partial charge on any atom is -0.393 e. The molecule has 3 N–H and O–H groups in total. The molecule has 8 heteroatoms. The third-order valence-corrected chi connectivity index (χ3v) is 5.02. The average molecular weight is 347 g/mol. The summed E-state index contributed by atoms with van der Waals surface area (Å²) in [6, 6.07) is 0. The standard InChI is InChI=1S/C15H25NO6S/c1-15(16,22-23)14(19)13-9(5-6-17)10(18)8-11(13)21-12-4-2-3-7-20-12/h6,9-13,18,23H,2-5,7-8,16H2,1H3/t9?,10?,11?,12?,13?,15-/m1/s1. The predicted molar refractivity (Wildman–Crippen MR) is 84.4 cm³/mol. The Labute approximate surface area is 141 Å². The van der Waals surface area contributed by atoms with Crippen LogP contribution in [0.25, 0.3) is 0 Å². The molecule has 5 unspecified atom stereocenters. The largest absolute Gasteiger partial charge is 0.393 e. The van der Waals surface area contributed by atoms with Crippen molar-refractivity contribution in [2.75, 3.05) is 6.61 Å². The minimum atomic E-state index is -1.62. The smallest absolute Gasteiger partial charge is 0.186 e. The summed E-state index contributed by atoms with van der Waals surface area (Å²) in [5.41, 5.74) is 4.22. The lowest BCUT2D eigenvalue weighted by Crippen LogP contribution is -2.52. The van der Waals surface area contributed by atoms with Crippen molar-refractivity contribution < 1.29 is 28.4 Å². The van der Waals surface area contributed by atoms with Gasteiger partial charge in [-0.25, -0.2) is 0 Å². The van der Waals surface area contributed by atoms with Crippen LogP contribution in [0.1, 0.15) is 39.0 Å². The van der Waals surface area contributed by atoms with Crippen molar-refractivity contribution >= 4 is 25.0 Å². The van der Waals surface area contributed by atoms with Crippen LogP contribution in [0.5, 0.6) is 0 Å². The first-order valence-electron chi connectivity index (χ1n) is 7.95. The number of ketones is 1. The first kappa shape index (κ1) is 18.8. The van der Waals surface area contributed by atoms with Crippen molar-refractivity contribution in [3.63, 3.8) is 0 Å². The molecule has 0 amide bonds. The average Bonchev–Trinajstić information content (AvgIpc) is 2.83. The van der Waals surface area contributed by atoms with E-state index in [-0.39, 0.29) is 12.8 Å². The molecule has 1 saturated carbocycles. The molecule has 2 fully saturated rings. The molecule has 2 aliphatic rings. The van der Waals surface area contributed by atoms with E-state index in [0.29, 0.717) is 12.9 Å². The Hall–Kier alpha value is -0.510. The Morgan fingerprint density at radius 3 is 2.83 bits per heavy atom. The summed E-state index contributed by atoms with van der Waals surface area (Å²) in [6.07, 6.45) is 1.98. The Balaban J connectivity index is 2.17.